The van der Waals surface area contributed by atoms with Crippen LogP contribution in [-0.4, -0.2) is 16.1 Å². The van der Waals surface area contributed by atoms with E-state index in [4.69, 9.17) is 0 Å². The summed E-state index contributed by atoms with van der Waals surface area (Å²) >= 11 is 1.44. The zero-order valence-electron chi connectivity index (χ0n) is 13.6. The van der Waals surface area contributed by atoms with Crippen molar-refractivity contribution >= 4 is 22.4 Å². The Bertz CT molecular complexity index is 617. The Hall–Kier alpha value is -1.75. The van der Waals surface area contributed by atoms with Gasteiger partial charge in [-0.3, -0.25) is 4.79 Å². The fourth-order valence-corrected chi connectivity index (χ4v) is 2.79. The number of carbonyl (C=O) groups is 1. The highest BCUT2D eigenvalue weighted by molar-refractivity contribution is 7.15. The molecular formula is C17H23N3OS. The van der Waals surface area contributed by atoms with Crippen molar-refractivity contribution in [2.24, 2.45) is 0 Å². The van der Waals surface area contributed by atoms with Crippen LogP contribution in [0.4, 0.5) is 5.13 Å². The molecule has 1 N–H and O–H groups in total. The summed E-state index contributed by atoms with van der Waals surface area (Å²) in [5, 5.41) is 12.4. The lowest BCUT2D eigenvalue weighted by atomic mass is 10.0. The molecule has 0 unspecified atom stereocenters. The van der Waals surface area contributed by atoms with Crippen LogP contribution in [0.1, 0.15) is 62.1 Å². The maximum Gasteiger partial charge on any atom is 0.226 e. The van der Waals surface area contributed by atoms with E-state index in [0.717, 1.165) is 11.4 Å². The second kappa shape index (κ2) is 7.49. The predicted octanol–water partition coefficient (Wildman–Crippen LogP) is 4.36. The molecule has 0 radical (unpaired) electrons. The maximum atomic E-state index is 12.0. The molecule has 0 saturated carbocycles. The first-order valence-electron chi connectivity index (χ1n) is 7.67. The number of rotatable bonds is 6. The van der Waals surface area contributed by atoms with E-state index in [1.807, 2.05) is 0 Å². The first-order valence-corrected chi connectivity index (χ1v) is 8.49. The lowest BCUT2D eigenvalue weighted by molar-refractivity contribution is -0.116. The molecule has 1 aromatic carbocycles. The minimum Gasteiger partial charge on any atom is -0.301 e. The smallest absolute Gasteiger partial charge is 0.226 e. The van der Waals surface area contributed by atoms with Gasteiger partial charge in [0.2, 0.25) is 11.0 Å². The predicted molar refractivity (Wildman–Crippen MR) is 91.5 cm³/mol. The Balaban J connectivity index is 1.84. The number of nitrogens with one attached hydrogen (secondary N) is 1. The SMILES string of the molecule is CC(C)c1ccc(CCC(=O)Nc2nnc(C(C)C)s2)cc1. The summed E-state index contributed by atoms with van der Waals surface area (Å²) in [4.78, 5) is 12.0. The third-order valence-electron chi connectivity index (χ3n) is 3.47. The number of amides is 1. The normalized spacial score (nSPS) is 11.2. The van der Waals surface area contributed by atoms with Gasteiger partial charge in [-0.2, -0.15) is 0 Å². The Kier molecular flexibility index (Phi) is 5.66. The Morgan fingerprint density at radius 2 is 1.77 bits per heavy atom. The van der Waals surface area contributed by atoms with Gasteiger partial charge in [-0.25, -0.2) is 0 Å². The van der Waals surface area contributed by atoms with Gasteiger partial charge in [0.05, 0.1) is 0 Å². The number of hydrogen-bond acceptors (Lipinski definition) is 4. The highest BCUT2D eigenvalue weighted by Gasteiger charge is 2.10. The van der Waals surface area contributed by atoms with E-state index >= 15 is 0 Å². The van der Waals surface area contributed by atoms with E-state index in [-0.39, 0.29) is 5.91 Å². The number of hydrogen-bond donors (Lipinski definition) is 1. The summed E-state index contributed by atoms with van der Waals surface area (Å²) in [6, 6.07) is 8.48. The molecule has 2 rings (SSSR count). The second-order valence-corrected chi connectivity index (χ2v) is 7.05. The molecule has 4 nitrogen and oxygen atoms in total. The molecule has 5 heteroatoms. The van der Waals surface area contributed by atoms with Crippen LogP contribution in [0.15, 0.2) is 24.3 Å². The third-order valence-corrected chi connectivity index (χ3v) is 4.61. The van der Waals surface area contributed by atoms with Gasteiger partial charge in [0.1, 0.15) is 5.01 Å². The van der Waals surface area contributed by atoms with Crippen molar-refractivity contribution < 1.29 is 4.79 Å². The van der Waals surface area contributed by atoms with Crippen LogP contribution >= 0.6 is 11.3 Å². The molecule has 0 aliphatic carbocycles. The molecule has 1 amide bonds. The average Bonchev–Trinajstić information content (AvgIpc) is 2.94. The fraction of sp³-hybridized carbons (Fsp3) is 0.471. The van der Waals surface area contributed by atoms with Crippen molar-refractivity contribution in [3.05, 3.63) is 40.4 Å². The molecule has 0 bridgehead atoms. The molecule has 1 heterocycles. The van der Waals surface area contributed by atoms with Gasteiger partial charge >= 0.3 is 0 Å². The lowest BCUT2D eigenvalue weighted by Crippen LogP contribution is -2.12. The summed E-state index contributed by atoms with van der Waals surface area (Å²) in [6.07, 6.45) is 1.19. The van der Waals surface area contributed by atoms with Crippen LogP contribution in [0.3, 0.4) is 0 Å². The topological polar surface area (TPSA) is 54.9 Å². The van der Waals surface area contributed by atoms with Gasteiger partial charge in [0.15, 0.2) is 0 Å². The van der Waals surface area contributed by atoms with E-state index in [2.05, 4.69) is 67.5 Å². The van der Waals surface area contributed by atoms with E-state index in [0.29, 0.717) is 23.4 Å². The van der Waals surface area contributed by atoms with E-state index < -0.39 is 0 Å². The fourth-order valence-electron chi connectivity index (χ4n) is 2.03. The number of nitrogens with zero attached hydrogens (tertiary/aromatic N) is 2. The second-order valence-electron chi connectivity index (χ2n) is 6.04. The van der Waals surface area contributed by atoms with Gasteiger partial charge in [0, 0.05) is 12.3 Å². The largest absolute Gasteiger partial charge is 0.301 e. The van der Waals surface area contributed by atoms with Gasteiger partial charge in [-0.15, -0.1) is 10.2 Å². The zero-order valence-corrected chi connectivity index (χ0v) is 14.4. The van der Waals surface area contributed by atoms with Crippen LogP contribution in [0.5, 0.6) is 0 Å². The van der Waals surface area contributed by atoms with Gasteiger partial charge in [-0.05, 0) is 23.5 Å². The molecule has 118 valence electrons. The number of anilines is 1. The van der Waals surface area contributed by atoms with Gasteiger partial charge in [-0.1, -0.05) is 63.3 Å². The molecule has 22 heavy (non-hydrogen) atoms. The summed E-state index contributed by atoms with van der Waals surface area (Å²) in [5.74, 6) is 0.854. The van der Waals surface area contributed by atoms with Crippen molar-refractivity contribution in [2.75, 3.05) is 5.32 Å². The Labute approximate surface area is 136 Å². The summed E-state index contributed by atoms with van der Waals surface area (Å²) in [6.45, 7) is 8.48. The number of aromatic nitrogens is 2. The molecule has 0 fully saturated rings. The molecule has 1 aromatic heterocycles. The molecular weight excluding hydrogens is 294 g/mol. The van der Waals surface area contributed by atoms with Crippen LogP contribution < -0.4 is 5.32 Å². The highest BCUT2D eigenvalue weighted by Crippen LogP contribution is 2.22. The monoisotopic (exact) mass is 317 g/mol. The number of aryl methyl sites for hydroxylation is 1. The molecule has 0 aliphatic heterocycles. The van der Waals surface area contributed by atoms with Crippen LogP contribution in [0, 0.1) is 0 Å². The first kappa shape index (κ1) is 16.6. The minimum absolute atomic E-state index is 0.0145. The van der Waals surface area contributed by atoms with E-state index in [1.165, 1.54) is 22.5 Å². The summed E-state index contributed by atoms with van der Waals surface area (Å²) in [7, 11) is 0. The molecule has 0 aliphatic rings. The zero-order chi connectivity index (χ0) is 16.1. The average molecular weight is 317 g/mol. The third kappa shape index (κ3) is 4.63. The van der Waals surface area contributed by atoms with Crippen LogP contribution in [0.25, 0.3) is 0 Å². The van der Waals surface area contributed by atoms with Crippen molar-refractivity contribution in [3.8, 4) is 0 Å². The van der Waals surface area contributed by atoms with E-state index in [9.17, 15) is 4.79 Å². The first-order chi connectivity index (χ1) is 10.5. The number of carbonyl (C=O) groups excluding carboxylic acids is 1. The summed E-state index contributed by atoms with van der Waals surface area (Å²) < 4.78 is 0. The van der Waals surface area contributed by atoms with Gasteiger partial charge in [0.25, 0.3) is 0 Å². The molecule has 0 spiro atoms. The van der Waals surface area contributed by atoms with Gasteiger partial charge < -0.3 is 5.32 Å². The van der Waals surface area contributed by atoms with Crippen LogP contribution in [0.2, 0.25) is 0 Å². The molecule has 2 aromatic rings. The van der Waals surface area contributed by atoms with Crippen molar-refractivity contribution in [2.45, 2.75) is 52.4 Å². The minimum atomic E-state index is -0.0145. The maximum absolute atomic E-state index is 12.0. The lowest BCUT2D eigenvalue weighted by Gasteiger charge is -2.06. The standard InChI is InChI=1S/C17H23N3OS/c1-11(2)14-8-5-13(6-9-14)7-10-15(21)18-17-20-19-16(22-17)12(3)4/h5-6,8-9,11-12H,7,10H2,1-4H3,(H,18,20,21). The van der Waals surface area contributed by atoms with Crippen molar-refractivity contribution in [1.82, 2.24) is 10.2 Å². The van der Waals surface area contributed by atoms with Crippen molar-refractivity contribution in [3.63, 3.8) is 0 Å². The van der Waals surface area contributed by atoms with Crippen LogP contribution in [-0.2, 0) is 11.2 Å². The Morgan fingerprint density at radius 1 is 1.09 bits per heavy atom. The quantitative estimate of drug-likeness (QED) is 0.861. The highest BCUT2D eigenvalue weighted by atomic mass is 32.1. The van der Waals surface area contributed by atoms with Crippen molar-refractivity contribution in [1.29, 1.82) is 0 Å². The number of benzene rings is 1. The molecule has 0 atom stereocenters. The van der Waals surface area contributed by atoms with E-state index in [1.54, 1.807) is 0 Å². The Morgan fingerprint density at radius 3 is 2.32 bits per heavy atom. The molecule has 0 saturated heterocycles. The summed E-state index contributed by atoms with van der Waals surface area (Å²) in [5.41, 5.74) is 2.50.